The predicted octanol–water partition coefficient (Wildman–Crippen LogP) is 4.49. The minimum Gasteiger partial charge on any atom is -0.455 e. The summed E-state index contributed by atoms with van der Waals surface area (Å²) in [6.45, 7) is 1.85. The zero-order valence-electron chi connectivity index (χ0n) is 14.5. The van der Waals surface area contributed by atoms with Gasteiger partial charge in [-0.15, -0.1) is 0 Å². The minimum absolute atomic E-state index is 0.438. The van der Waals surface area contributed by atoms with Crippen LogP contribution < -0.4 is 11.2 Å². The molecule has 0 spiro atoms. The molecule has 0 unspecified atom stereocenters. The van der Waals surface area contributed by atoms with Crippen LogP contribution in [-0.2, 0) is 0 Å². The van der Waals surface area contributed by atoms with Gasteiger partial charge in [0.1, 0.15) is 11.5 Å². The van der Waals surface area contributed by atoms with Gasteiger partial charge in [-0.1, -0.05) is 35.6 Å². The first kappa shape index (κ1) is 17.0. The molecule has 0 saturated carbocycles. The van der Waals surface area contributed by atoms with Crippen molar-refractivity contribution in [1.29, 1.82) is 0 Å². The molecule has 7 heteroatoms. The number of anilines is 1. The number of benzene rings is 2. The number of amides is 1. The van der Waals surface area contributed by atoms with E-state index in [-0.39, 0.29) is 0 Å². The smallest absolute Gasteiger partial charge is 0.248 e. The van der Waals surface area contributed by atoms with Crippen LogP contribution in [0.5, 0.6) is 0 Å². The predicted molar refractivity (Wildman–Crippen MR) is 108 cm³/mol. The Balaban J connectivity index is 1.54. The molecule has 2 heterocycles. The van der Waals surface area contributed by atoms with Crippen LogP contribution >= 0.6 is 11.3 Å². The first-order chi connectivity index (χ1) is 13.1. The summed E-state index contributed by atoms with van der Waals surface area (Å²) in [5, 5.41) is 5.08. The largest absolute Gasteiger partial charge is 0.455 e. The van der Waals surface area contributed by atoms with Gasteiger partial charge in [0.05, 0.1) is 10.2 Å². The van der Waals surface area contributed by atoms with Crippen molar-refractivity contribution in [3.05, 3.63) is 72.0 Å². The average molecular weight is 376 g/mol. The molecule has 4 aromatic rings. The molecule has 0 bridgehead atoms. The van der Waals surface area contributed by atoms with E-state index >= 15 is 0 Å². The van der Waals surface area contributed by atoms with Crippen LogP contribution in [0.2, 0.25) is 0 Å². The lowest BCUT2D eigenvalue weighted by atomic mass is 10.1. The van der Waals surface area contributed by atoms with Crippen LogP contribution in [0.1, 0.15) is 23.0 Å². The number of hydrogen-bond donors (Lipinski definition) is 2. The Morgan fingerprint density at radius 3 is 2.81 bits per heavy atom. The molecule has 2 aromatic carbocycles. The third-order valence-corrected chi connectivity index (χ3v) is 4.95. The lowest BCUT2D eigenvalue weighted by Gasteiger charge is -2.00. The van der Waals surface area contributed by atoms with Crippen LogP contribution in [-0.4, -0.2) is 16.6 Å². The summed E-state index contributed by atoms with van der Waals surface area (Å²) in [5.74, 6) is 0.798. The molecule has 3 N–H and O–H groups in total. The van der Waals surface area contributed by atoms with E-state index in [2.05, 4.69) is 15.5 Å². The molecule has 0 fully saturated rings. The quantitative estimate of drug-likeness (QED) is 0.396. The Morgan fingerprint density at radius 2 is 2.00 bits per heavy atom. The number of hydrogen-bond acceptors (Lipinski definition) is 6. The first-order valence-electron chi connectivity index (χ1n) is 8.26. The van der Waals surface area contributed by atoms with Gasteiger partial charge in [0.25, 0.3) is 0 Å². The SMILES string of the molecule is C/C(=N\Nc1nc2ccccc2s1)c1ccc(-c2cccc(C(N)=O)c2)o1. The number of furan rings is 1. The fourth-order valence-electron chi connectivity index (χ4n) is 2.62. The number of nitrogens with one attached hydrogen (secondary N) is 1. The average Bonchev–Trinajstić information content (AvgIpc) is 3.33. The van der Waals surface area contributed by atoms with Gasteiger partial charge < -0.3 is 10.2 Å². The van der Waals surface area contributed by atoms with Crippen molar-refractivity contribution in [1.82, 2.24) is 4.98 Å². The molecule has 6 nitrogen and oxygen atoms in total. The lowest BCUT2D eigenvalue weighted by molar-refractivity contribution is 0.100. The number of carbonyl (C=O) groups is 1. The molecular weight excluding hydrogens is 360 g/mol. The second-order valence-corrected chi connectivity index (χ2v) is 6.94. The van der Waals surface area contributed by atoms with Crippen molar-refractivity contribution < 1.29 is 9.21 Å². The molecular formula is C20H16N4O2S. The van der Waals surface area contributed by atoms with E-state index in [1.165, 1.54) is 11.3 Å². The van der Waals surface area contributed by atoms with Gasteiger partial charge >= 0.3 is 0 Å². The fourth-order valence-corrected chi connectivity index (χ4v) is 3.43. The molecule has 0 radical (unpaired) electrons. The third-order valence-electron chi connectivity index (χ3n) is 4.01. The number of nitrogens with two attached hydrogens (primary N) is 1. The summed E-state index contributed by atoms with van der Waals surface area (Å²) in [6.07, 6.45) is 0. The number of primary amides is 1. The van der Waals surface area contributed by atoms with Gasteiger partial charge in [-0.05, 0) is 43.3 Å². The Labute approximate surface area is 159 Å². The summed E-state index contributed by atoms with van der Waals surface area (Å²) in [6, 6.07) is 18.6. The summed E-state index contributed by atoms with van der Waals surface area (Å²) >= 11 is 1.54. The number of rotatable bonds is 5. The molecule has 0 atom stereocenters. The van der Waals surface area contributed by atoms with E-state index in [1.54, 1.807) is 18.2 Å². The van der Waals surface area contributed by atoms with Crippen LogP contribution in [0.4, 0.5) is 5.13 Å². The number of thiazole rings is 1. The summed E-state index contributed by atoms with van der Waals surface area (Å²) in [4.78, 5) is 15.8. The van der Waals surface area contributed by atoms with Crippen molar-refractivity contribution in [2.45, 2.75) is 6.92 Å². The zero-order chi connectivity index (χ0) is 18.8. The molecule has 4 rings (SSSR count). The third kappa shape index (κ3) is 3.58. The van der Waals surface area contributed by atoms with Crippen molar-refractivity contribution in [2.75, 3.05) is 5.43 Å². The fraction of sp³-hybridized carbons (Fsp3) is 0.0500. The van der Waals surface area contributed by atoms with Gasteiger partial charge in [-0.3, -0.25) is 10.2 Å². The van der Waals surface area contributed by atoms with Gasteiger partial charge in [-0.25, -0.2) is 4.98 Å². The van der Waals surface area contributed by atoms with E-state index in [9.17, 15) is 4.79 Å². The normalized spacial score (nSPS) is 11.7. The molecule has 2 aromatic heterocycles. The maximum Gasteiger partial charge on any atom is 0.248 e. The van der Waals surface area contributed by atoms with E-state index < -0.39 is 5.91 Å². The lowest BCUT2D eigenvalue weighted by Crippen LogP contribution is -2.10. The number of hydrazone groups is 1. The molecule has 1 amide bonds. The summed E-state index contributed by atoms with van der Waals surface area (Å²) in [7, 11) is 0. The van der Waals surface area contributed by atoms with Gasteiger partial charge in [-0.2, -0.15) is 5.10 Å². The van der Waals surface area contributed by atoms with Crippen molar-refractivity contribution in [2.24, 2.45) is 10.8 Å². The Hall–Kier alpha value is -3.45. The van der Waals surface area contributed by atoms with Crippen molar-refractivity contribution in [3.63, 3.8) is 0 Å². The number of carbonyl (C=O) groups excluding carboxylic acids is 1. The topological polar surface area (TPSA) is 93.5 Å². The molecule has 27 heavy (non-hydrogen) atoms. The number of nitrogens with zero attached hydrogens (tertiary/aromatic N) is 2. The number of aromatic nitrogens is 1. The Morgan fingerprint density at radius 1 is 1.15 bits per heavy atom. The van der Waals surface area contributed by atoms with Crippen LogP contribution in [0.3, 0.4) is 0 Å². The first-order valence-corrected chi connectivity index (χ1v) is 9.08. The Kier molecular flexibility index (Phi) is 4.43. The number of para-hydroxylation sites is 1. The minimum atomic E-state index is -0.471. The zero-order valence-corrected chi connectivity index (χ0v) is 15.3. The van der Waals surface area contributed by atoms with E-state index in [4.69, 9.17) is 10.2 Å². The van der Waals surface area contributed by atoms with E-state index in [0.717, 1.165) is 20.9 Å². The molecule has 0 saturated heterocycles. The van der Waals surface area contributed by atoms with Gasteiger partial charge in [0.2, 0.25) is 11.0 Å². The monoisotopic (exact) mass is 376 g/mol. The van der Waals surface area contributed by atoms with E-state index in [0.29, 0.717) is 22.8 Å². The standard InChI is InChI=1S/C20H16N4O2S/c1-12(23-24-20-22-15-7-2-3-8-18(15)27-20)16-9-10-17(26-16)13-5-4-6-14(11-13)19(21)25/h2-11H,1H3,(H2,21,25)(H,22,24)/b23-12+. The van der Waals surface area contributed by atoms with Crippen LogP contribution in [0, 0.1) is 0 Å². The van der Waals surface area contributed by atoms with Crippen molar-refractivity contribution >= 4 is 38.3 Å². The molecule has 0 aliphatic carbocycles. The Bertz CT molecular complexity index is 1130. The maximum absolute atomic E-state index is 11.3. The highest BCUT2D eigenvalue weighted by molar-refractivity contribution is 7.22. The molecule has 0 aliphatic rings. The second-order valence-electron chi connectivity index (χ2n) is 5.90. The van der Waals surface area contributed by atoms with Crippen LogP contribution in [0.15, 0.2) is 70.2 Å². The van der Waals surface area contributed by atoms with Crippen molar-refractivity contribution in [3.8, 4) is 11.3 Å². The summed E-state index contributed by atoms with van der Waals surface area (Å²) < 4.78 is 6.97. The van der Waals surface area contributed by atoms with E-state index in [1.807, 2.05) is 49.4 Å². The highest BCUT2D eigenvalue weighted by atomic mass is 32.1. The van der Waals surface area contributed by atoms with Gasteiger partial charge in [0.15, 0.2) is 5.76 Å². The summed E-state index contributed by atoms with van der Waals surface area (Å²) in [5.41, 5.74) is 11.2. The number of fused-ring (bicyclic) bond motifs is 1. The second kappa shape index (κ2) is 7.05. The van der Waals surface area contributed by atoms with Gasteiger partial charge in [0, 0.05) is 11.1 Å². The highest BCUT2D eigenvalue weighted by Crippen LogP contribution is 2.26. The molecule has 0 aliphatic heterocycles. The molecule has 134 valence electrons. The van der Waals surface area contributed by atoms with Crippen LogP contribution in [0.25, 0.3) is 21.5 Å². The highest BCUT2D eigenvalue weighted by Gasteiger charge is 2.10. The maximum atomic E-state index is 11.3.